The van der Waals surface area contributed by atoms with E-state index in [9.17, 15) is 4.39 Å². The van der Waals surface area contributed by atoms with Crippen molar-refractivity contribution in [3.8, 4) is 0 Å². The van der Waals surface area contributed by atoms with Crippen LogP contribution in [-0.2, 0) is 13.0 Å². The Labute approximate surface area is 207 Å². The zero-order valence-electron chi connectivity index (χ0n) is 21.8. The summed E-state index contributed by atoms with van der Waals surface area (Å²) in [6.07, 6.45) is 3.16. The first-order valence-corrected chi connectivity index (χ1v) is 12.0. The van der Waals surface area contributed by atoms with Gasteiger partial charge in [0, 0.05) is 17.9 Å². The summed E-state index contributed by atoms with van der Waals surface area (Å²) in [5.41, 5.74) is 9.33. The van der Waals surface area contributed by atoms with Crippen LogP contribution in [0, 0.1) is 32.9 Å². The van der Waals surface area contributed by atoms with Gasteiger partial charge in [0.2, 0.25) is 0 Å². The molecule has 0 heterocycles. The van der Waals surface area contributed by atoms with Gasteiger partial charge in [0.15, 0.2) is 0 Å². The summed E-state index contributed by atoms with van der Waals surface area (Å²) in [5.74, 6) is 0. The molecule has 3 aromatic carbocycles. The molecule has 0 aliphatic heterocycles. The van der Waals surface area contributed by atoms with Gasteiger partial charge in [-0.2, -0.15) is 0 Å². The van der Waals surface area contributed by atoms with Crippen LogP contribution in [0.15, 0.2) is 73.5 Å². The maximum atomic E-state index is 12.7. The van der Waals surface area contributed by atoms with Crippen molar-refractivity contribution in [2.45, 2.75) is 60.9 Å². The Hall–Kier alpha value is -3.31. The highest BCUT2D eigenvalue weighted by atomic mass is 19.1. The third kappa shape index (κ3) is 9.28. The van der Waals surface area contributed by atoms with Crippen LogP contribution in [0.1, 0.15) is 60.6 Å². The van der Waals surface area contributed by atoms with Crippen molar-refractivity contribution >= 4 is 11.8 Å². The second-order valence-corrected chi connectivity index (χ2v) is 8.15. The number of anilines is 1. The summed E-state index contributed by atoms with van der Waals surface area (Å²) in [5, 5.41) is 0. The number of hydrogen-bond donors (Lipinski definition) is 0. The zero-order chi connectivity index (χ0) is 25.5. The topological polar surface area (TPSA) is 3.24 Å². The molecule has 2 heteroatoms. The van der Waals surface area contributed by atoms with E-state index in [-0.39, 0.29) is 6.67 Å². The van der Waals surface area contributed by atoms with E-state index in [4.69, 9.17) is 0 Å². The normalized spacial score (nSPS) is 9.50. The van der Waals surface area contributed by atoms with Crippen molar-refractivity contribution in [3.05, 3.63) is 119 Å². The number of nitrogens with zero attached hydrogens (tertiary/aromatic N) is 1. The molecule has 0 atom stereocenters. The fraction of sp³-hybridized carbons (Fsp3) is 0.312. The van der Waals surface area contributed by atoms with E-state index >= 15 is 0 Å². The third-order valence-corrected chi connectivity index (χ3v) is 5.30. The molecule has 0 spiro atoms. The molecule has 0 unspecified atom stereocenters. The third-order valence-electron chi connectivity index (χ3n) is 5.30. The molecule has 0 aliphatic rings. The molecule has 0 aliphatic carbocycles. The summed E-state index contributed by atoms with van der Waals surface area (Å²) < 4.78 is 12.7. The molecule has 3 rings (SSSR count). The first-order chi connectivity index (χ1) is 16.3. The van der Waals surface area contributed by atoms with Crippen LogP contribution in [0.25, 0.3) is 6.08 Å². The van der Waals surface area contributed by atoms with Crippen LogP contribution in [0.4, 0.5) is 10.1 Å². The molecule has 0 saturated carbocycles. The highest BCUT2D eigenvalue weighted by Crippen LogP contribution is 2.28. The first kappa shape index (κ1) is 28.7. The number of halogens is 1. The van der Waals surface area contributed by atoms with Gasteiger partial charge in [-0.3, -0.25) is 4.39 Å². The highest BCUT2D eigenvalue weighted by molar-refractivity contribution is 5.59. The zero-order valence-corrected chi connectivity index (χ0v) is 21.8. The highest BCUT2D eigenvalue weighted by Gasteiger charge is 2.14. The van der Waals surface area contributed by atoms with Gasteiger partial charge in [-0.15, -0.1) is 0 Å². The van der Waals surface area contributed by atoms with E-state index in [0.29, 0.717) is 6.42 Å². The number of benzene rings is 2. The Morgan fingerprint density at radius 2 is 1.71 bits per heavy atom. The van der Waals surface area contributed by atoms with Crippen LogP contribution in [-0.4, -0.2) is 6.67 Å². The number of hydrogen-bond acceptors (Lipinski definition) is 1. The van der Waals surface area contributed by atoms with Gasteiger partial charge in [0.25, 0.3) is 0 Å². The Balaban J connectivity index is 0.000000540. The standard InChI is InChI=1S/C23H28FN.C7H6.C2H6/c1-6-20-11-12-21(8-7-13-24)22(15-20)16-25(17(2)3)23-14-18(4)9-10-19(23)5;1-7-5-3-2-4-6-7;1-2/h6,9-12,14-15H,1-2,7-8,13,16H2,3-5H3;3,5-6H,1H3;1-2H3. The van der Waals surface area contributed by atoms with Crippen molar-refractivity contribution in [2.24, 2.45) is 0 Å². The van der Waals surface area contributed by atoms with Crippen LogP contribution < -0.4 is 4.90 Å². The first-order valence-electron chi connectivity index (χ1n) is 12.0. The molecule has 0 radical (unpaired) electrons. The number of allylic oxidation sites excluding steroid dienone is 1. The summed E-state index contributed by atoms with van der Waals surface area (Å²) in [6.45, 7) is 20.8. The van der Waals surface area contributed by atoms with E-state index in [2.05, 4.69) is 74.4 Å². The fourth-order valence-electron chi connectivity index (χ4n) is 3.45. The van der Waals surface area contributed by atoms with Crippen LogP contribution in [0.5, 0.6) is 0 Å². The summed E-state index contributed by atoms with van der Waals surface area (Å²) in [7, 11) is 0. The maximum Gasteiger partial charge on any atom is 0.0897 e. The van der Waals surface area contributed by atoms with E-state index < -0.39 is 0 Å². The van der Waals surface area contributed by atoms with Crippen LogP contribution in [0.2, 0.25) is 0 Å². The van der Waals surface area contributed by atoms with E-state index in [0.717, 1.165) is 24.2 Å². The van der Waals surface area contributed by atoms with E-state index in [1.165, 1.54) is 33.5 Å². The van der Waals surface area contributed by atoms with Gasteiger partial charge in [-0.25, -0.2) is 0 Å². The minimum atomic E-state index is -0.288. The molecule has 3 aromatic rings. The summed E-state index contributed by atoms with van der Waals surface area (Å²) in [6, 6.07) is 24.2. The van der Waals surface area contributed by atoms with Crippen LogP contribution in [0.3, 0.4) is 0 Å². The van der Waals surface area contributed by atoms with Gasteiger partial charge in [0.1, 0.15) is 0 Å². The number of alkyl halides is 1. The Bertz CT molecular complexity index is 1020. The molecule has 34 heavy (non-hydrogen) atoms. The average Bonchev–Trinajstić information content (AvgIpc) is 2.85. The van der Waals surface area contributed by atoms with Crippen molar-refractivity contribution in [1.29, 1.82) is 0 Å². The van der Waals surface area contributed by atoms with Crippen LogP contribution >= 0.6 is 0 Å². The van der Waals surface area contributed by atoms with E-state index in [1.54, 1.807) is 0 Å². The number of rotatable bonds is 8. The minimum Gasteiger partial charge on any atom is -0.341 e. The molecule has 180 valence electrons. The smallest absolute Gasteiger partial charge is 0.0897 e. The second kappa shape index (κ2) is 15.5. The number of aryl methyl sites for hydroxylation is 4. The second-order valence-electron chi connectivity index (χ2n) is 8.15. The van der Waals surface area contributed by atoms with Gasteiger partial charge in [-0.05, 0) is 98.2 Å². The predicted molar refractivity (Wildman–Crippen MR) is 148 cm³/mol. The molecule has 0 saturated heterocycles. The lowest BCUT2D eigenvalue weighted by Gasteiger charge is -2.28. The SMILES string of the molecule is C=Cc1ccc(CCCF)c(CN(C(=C)C)c2cc(C)ccc2C)c1.CC.Cc1cc#ccc1. The largest absolute Gasteiger partial charge is 0.341 e. The lowest BCUT2D eigenvalue weighted by atomic mass is 9.99. The summed E-state index contributed by atoms with van der Waals surface area (Å²) in [4.78, 5) is 2.24. The van der Waals surface area contributed by atoms with Gasteiger partial charge in [-0.1, -0.05) is 75.5 Å². The van der Waals surface area contributed by atoms with Gasteiger partial charge < -0.3 is 4.90 Å². The molecule has 0 fully saturated rings. The Morgan fingerprint density at radius 1 is 0.971 bits per heavy atom. The minimum absolute atomic E-state index is 0.288. The molecule has 0 N–H and O–H groups in total. The molecule has 1 nitrogen and oxygen atoms in total. The lowest BCUT2D eigenvalue weighted by molar-refractivity contribution is 0.472. The molecule has 0 amide bonds. The van der Waals surface area contributed by atoms with E-state index in [1.807, 2.05) is 58.0 Å². The Morgan fingerprint density at radius 3 is 2.24 bits per heavy atom. The van der Waals surface area contributed by atoms with Crippen molar-refractivity contribution < 1.29 is 4.39 Å². The molecule has 0 bridgehead atoms. The van der Waals surface area contributed by atoms with Gasteiger partial charge >= 0.3 is 0 Å². The van der Waals surface area contributed by atoms with Gasteiger partial charge in [0.05, 0.1) is 6.67 Å². The maximum absolute atomic E-state index is 12.7. The van der Waals surface area contributed by atoms with Crippen molar-refractivity contribution in [2.75, 3.05) is 11.6 Å². The molecule has 0 aromatic heterocycles. The predicted octanol–water partition coefficient (Wildman–Crippen LogP) is 9.01. The quantitative estimate of drug-likeness (QED) is 0.326. The molecular weight excluding hydrogens is 417 g/mol. The molecular formula is C32H40FN. The lowest BCUT2D eigenvalue weighted by Crippen LogP contribution is -2.21. The Kier molecular flexibility index (Phi) is 13.1. The summed E-state index contributed by atoms with van der Waals surface area (Å²) >= 11 is 0. The fourth-order valence-corrected chi connectivity index (χ4v) is 3.45. The monoisotopic (exact) mass is 457 g/mol. The average molecular weight is 458 g/mol. The van der Waals surface area contributed by atoms with Crippen molar-refractivity contribution in [3.63, 3.8) is 0 Å². The van der Waals surface area contributed by atoms with Crippen molar-refractivity contribution in [1.82, 2.24) is 0 Å².